The molecule has 4 rings (SSSR count). The molecule has 2 heterocycles. The van der Waals surface area contributed by atoms with Gasteiger partial charge in [0.15, 0.2) is 0 Å². The third kappa shape index (κ3) is 4.48. The average Bonchev–Trinajstić information content (AvgIpc) is 3.20. The molecule has 1 aliphatic rings. The molecule has 156 valence electrons. The first kappa shape index (κ1) is 20.4. The van der Waals surface area contributed by atoms with Crippen LogP contribution >= 0.6 is 11.8 Å². The molecule has 0 aliphatic carbocycles. The van der Waals surface area contributed by atoms with Crippen molar-refractivity contribution in [2.45, 2.75) is 25.9 Å². The summed E-state index contributed by atoms with van der Waals surface area (Å²) in [6.07, 6.45) is 0. The van der Waals surface area contributed by atoms with Gasteiger partial charge in [-0.2, -0.15) is 4.68 Å². The first-order valence-electron chi connectivity index (χ1n) is 10.1. The molecule has 0 N–H and O–H groups in total. The number of aryl methyl sites for hydroxylation is 3. The fraction of sp³-hybridized carbons (Fsp3) is 0.364. The van der Waals surface area contributed by atoms with Crippen LogP contribution in [0.1, 0.15) is 16.7 Å². The van der Waals surface area contributed by atoms with E-state index >= 15 is 0 Å². The van der Waals surface area contributed by atoms with E-state index in [4.69, 9.17) is 0 Å². The first-order valence-corrected chi connectivity index (χ1v) is 11.1. The molecule has 0 atom stereocenters. The molecule has 1 saturated heterocycles. The summed E-state index contributed by atoms with van der Waals surface area (Å²) >= 11 is 1.38. The summed E-state index contributed by atoms with van der Waals surface area (Å²) in [5.74, 6) is 0.453. The van der Waals surface area contributed by atoms with Gasteiger partial charge < -0.3 is 9.80 Å². The number of tetrazole rings is 1. The lowest BCUT2D eigenvalue weighted by molar-refractivity contribution is -0.128. The quantitative estimate of drug-likeness (QED) is 0.589. The van der Waals surface area contributed by atoms with Crippen molar-refractivity contribution in [1.29, 1.82) is 0 Å². The number of aromatic nitrogens is 4. The zero-order valence-corrected chi connectivity index (χ0v) is 18.4. The molecular weight excluding hydrogens is 396 g/mol. The molecule has 0 saturated carbocycles. The number of benzene rings is 2. The zero-order valence-electron chi connectivity index (χ0n) is 17.6. The van der Waals surface area contributed by atoms with Gasteiger partial charge in [0.1, 0.15) is 0 Å². The molecule has 3 aromatic rings. The summed E-state index contributed by atoms with van der Waals surface area (Å²) in [5, 5.41) is 12.7. The maximum atomic E-state index is 12.8. The lowest BCUT2D eigenvalue weighted by Crippen LogP contribution is -2.49. The number of carbonyl (C=O) groups excluding carboxylic acids is 1. The van der Waals surface area contributed by atoms with E-state index in [1.165, 1.54) is 28.6 Å². The molecule has 0 spiro atoms. The number of hydrogen-bond donors (Lipinski definition) is 0. The van der Waals surface area contributed by atoms with Crippen LogP contribution < -0.4 is 4.90 Å². The van der Waals surface area contributed by atoms with Crippen molar-refractivity contribution in [3.05, 3.63) is 59.2 Å². The first-order chi connectivity index (χ1) is 14.5. The number of nitrogens with zero attached hydrogens (tertiary/aromatic N) is 6. The largest absolute Gasteiger partial charge is 0.368 e. The third-order valence-electron chi connectivity index (χ3n) is 5.35. The Morgan fingerprint density at radius 1 is 1.00 bits per heavy atom. The molecule has 0 bridgehead atoms. The molecule has 7 nitrogen and oxygen atoms in total. The molecule has 1 fully saturated rings. The van der Waals surface area contributed by atoms with Gasteiger partial charge in [-0.3, -0.25) is 4.79 Å². The van der Waals surface area contributed by atoms with Crippen LogP contribution in [-0.4, -0.2) is 62.9 Å². The molecule has 1 aromatic heterocycles. The Morgan fingerprint density at radius 3 is 2.50 bits per heavy atom. The molecule has 30 heavy (non-hydrogen) atoms. The second-order valence-electron chi connectivity index (χ2n) is 7.66. The Morgan fingerprint density at radius 2 is 1.77 bits per heavy atom. The van der Waals surface area contributed by atoms with E-state index < -0.39 is 0 Å². The topological polar surface area (TPSA) is 67.2 Å². The van der Waals surface area contributed by atoms with Crippen molar-refractivity contribution in [2.75, 3.05) is 36.8 Å². The van der Waals surface area contributed by atoms with Gasteiger partial charge >= 0.3 is 0 Å². The van der Waals surface area contributed by atoms with E-state index in [2.05, 4.69) is 64.6 Å². The third-order valence-corrected chi connectivity index (χ3v) is 6.25. The van der Waals surface area contributed by atoms with E-state index in [1.807, 2.05) is 24.0 Å². The van der Waals surface area contributed by atoms with Crippen LogP contribution in [0.25, 0.3) is 5.69 Å². The highest BCUT2D eigenvalue weighted by atomic mass is 32.2. The Kier molecular flexibility index (Phi) is 6.03. The van der Waals surface area contributed by atoms with Crippen LogP contribution in [0.3, 0.4) is 0 Å². The zero-order chi connectivity index (χ0) is 21.1. The second kappa shape index (κ2) is 8.87. The van der Waals surface area contributed by atoms with Crippen molar-refractivity contribution >= 4 is 23.4 Å². The summed E-state index contributed by atoms with van der Waals surface area (Å²) < 4.78 is 1.71. The number of carbonyl (C=O) groups is 1. The smallest absolute Gasteiger partial charge is 0.233 e. The van der Waals surface area contributed by atoms with Crippen molar-refractivity contribution in [1.82, 2.24) is 25.1 Å². The van der Waals surface area contributed by atoms with Crippen molar-refractivity contribution < 1.29 is 4.79 Å². The van der Waals surface area contributed by atoms with Crippen molar-refractivity contribution in [2.24, 2.45) is 0 Å². The minimum absolute atomic E-state index is 0.124. The van der Waals surface area contributed by atoms with Gasteiger partial charge in [-0.15, -0.1) is 5.10 Å². The second-order valence-corrected chi connectivity index (χ2v) is 8.60. The summed E-state index contributed by atoms with van der Waals surface area (Å²) in [4.78, 5) is 17.0. The predicted octanol–water partition coefficient (Wildman–Crippen LogP) is 3.03. The Balaban J connectivity index is 1.35. The van der Waals surface area contributed by atoms with Gasteiger partial charge in [0.05, 0.1) is 11.4 Å². The maximum Gasteiger partial charge on any atom is 0.233 e. The lowest BCUT2D eigenvalue weighted by Gasteiger charge is -2.36. The van der Waals surface area contributed by atoms with Crippen LogP contribution in [0, 0.1) is 20.8 Å². The number of hydrogen-bond acceptors (Lipinski definition) is 6. The summed E-state index contributed by atoms with van der Waals surface area (Å²) in [6.45, 7) is 9.36. The van der Waals surface area contributed by atoms with Crippen LogP contribution in [0.4, 0.5) is 5.69 Å². The molecule has 0 radical (unpaired) electrons. The average molecular weight is 423 g/mol. The maximum absolute atomic E-state index is 12.8. The van der Waals surface area contributed by atoms with Crippen LogP contribution in [0.15, 0.2) is 47.6 Å². The molecule has 0 unspecified atom stereocenters. The number of amides is 1. The van der Waals surface area contributed by atoms with Crippen LogP contribution in [-0.2, 0) is 4.79 Å². The fourth-order valence-electron chi connectivity index (χ4n) is 3.72. The molecule has 2 aromatic carbocycles. The van der Waals surface area contributed by atoms with Gasteiger partial charge in [0.2, 0.25) is 11.1 Å². The van der Waals surface area contributed by atoms with Crippen molar-refractivity contribution in [3.63, 3.8) is 0 Å². The van der Waals surface area contributed by atoms with Gasteiger partial charge in [0.25, 0.3) is 0 Å². The van der Waals surface area contributed by atoms with E-state index in [1.54, 1.807) is 4.68 Å². The molecule has 1 amide bonds. The highest BCUT2D eigenvalue weighted by molar-refractivity contribution is 7.99. The lowest BCUT2D eigenvalue weighted by atomic mass is 10.1. The molecule has 1 aliphatic heterocycles. The number of piperazine rings is 1. The van der Waals surface area contributed by atoms with Gasteiger partial charge in [-0.05, 0) is 60.5 Å². The van der Waals surface area contributed by atoms with E-state index in [0.717, 1.165) is 37.4 Å². The standard InChI is InChI=1S/C22H26N6OS/c1-16-5-4-6-19(14-16)26-9-11-27(12-10-26)21(29)15-30-22-23-24-25-28(22)20-8-7-17(2)13-18(20)3/h4-8,13-14H,9-12,15H2,1-3H3. The van der Waals surface area contributed by atoms with Crippen LogP contribution in [0.5, 0.6) is 0 Å². The predicted molar refractivity (Wildman–Crippen MR) is 119 cm³/mol. The SMILES string of the molecule is Cc1cccc(N2CCN(C(=O)CSc3nnnn3-c3ccc(C)cc3C)CC2)c1. The normalized spacial score (nSPS) is 14.2. The van der Waals surface area contributed by atoms with Gasteiger partial charge in [-0.1, -0.05) is 41.6 Å². The minimum atomic E-state index is 0.124. The van der Waals surface area contributed by atoms with E-state index in [9.17, 15) is 4.79 Å². The molecular formula is C22H26N6OS. The van der Waals surface area contributed by atoms with E-state index in [-0.39, 0.29) is 5.91 Å². The summed E-state index contributed by atoms with van der Waals surface area (Å²) in [6, 6.07) is 14.7. The van der Waals surface area contributed by atoms with Crippen LogP contribution in [0.2, 0.25) is 0 Å². The van der Waals surface area contributed by atoms with Gasteiger partial charge in [-0.25, -0.2) is 0 Å². The Labute approximate surface area is 181 Å². The summed E-state index contributed by atoms with van der Waals surface area (Å²) in [5.41, 5.74) is 5.71. The number of rotatable bonds is 5. The monoisotopic (exact) mass is 422 g/mol. The van der Waals surface area contributed by atoms with Crippen molar-refractivity contribution in [3.8, 4) is 5.69 Å². The Bertz CT molecular complexity index is 1040. The summed E-state index contributed by atoms with van der Waals surface area (Å²) in [7, 11) is 0. The minimum Gasteiger partial charge on any atom is -0.368 e. The highest BCUT2D eigenvalue weighted by Crippen LogP contribution is 2.22. The van der Waals surface area contributed by atoms with Gasteiger partial charge in [0, 0.05) is 31.9 Å². The molecule has 8 heteroatoms. The fourth-order valence-corrected chi connectivity index (χ4v) is 4.51. The number of anilines is 1. The number of thioether (sulfide) groups is 1. The highest BCUT2D eigenvalue weighted by Gasteiger charge is 2.22. The Hall–Kier alpha value is -2.87. The van der Waals surface area contributed by atoms with E-state index in [0.29, 0.717) is 10.9 Å².